The van der Waals surface area contributed by atoms with Crippen LogP contribution in [0.5, 0.6) is 0 Å². The van der Waals surface area contributed by atoms with Crippen LogP contribution in [0.15, 0.2) is 72.0 Å². The summed E-state index contributed by atoms with van der Waals surface area (Å²) in [7, 11) is 1.88. The van der Waals surface area contributed by atoms with Crippen molar-refractivity contribution >= 4 is 28.1 Å². The third-order valence-corrected chi connectivity index (χ3v) is 6.47. The van der Waals surface area contributed by atoms with Gasteiger partial charge in [0.05, 0.1) is 40.2 Å². The van der Waals surface area contributed by atoms with E-state index in [4.69, 9.17) is 16.5 Å². The highest BCUT2D eigenvalue weighted by atomic mass is 16.1. The van der Waals surface area contributed by atoms with Gasteiger partial charge in [-0.15, -0.1) is 14.8 Å². The van der Waals surface area contributed by atoms with Crippen molar-refractivity contribution in [2.45, 2.75) is 20.3 Å². The molecule has 4 heterocycles. The summed E-state index contributed by atoms with van der Waals surface area (Å²) >= 11 is 0. The SMILES string of the molecule is CCc1nc2cccc(C#Cc3cnn(C)c3C)c2c(=O)n1-c1ccccc1.NC(=O)c1c(N)nn2ncncc12. The number of anilines is 1. The van der Waals surface area contributed by atoms with Crippen LogP contribution in [-0.2, 0) is 13.5 Å². The van der Waals surface area contributed by atoms with Gasteiger partial charge in [-0.05, 0) is 31.2 Å². The minimum absolute atomic E-state index is 0.0630. The number of fused-ring (bicyclic) bond motifs is 2. The van der Waals surface area contributed by atoms with Crippen LogP contribution in [0.25, 0.3) is 22.1 Å². The third kappa shape index (κ3) is 5.11. The van der Waals surface area contributed by atoms with Gasteiger partial charge in [0.1, 0.15) is 23.2 Å². The molecule has 0 unspecified atom stereocenters. The van der Waals surface area contributed by atoms with Crippen LogP contribution in [0.3, 0.4) is 0 Å². The average molecular weight is 547 g/mol. The van der Waals surface area contributed by atoms with Crippen molar-refractivity contribution in [1.29, 1.82) is 0 Å². The van der Waals surface area contributed by atoms with Gasteiger partial charge in [0.2, 0.25) is 0 Å². The van der Waals surface area contributed by atoms with Crippen LogP contribution in [0.1, 0.15) is 39.9 Å². The van der Waals surface area contributed by atoms with E-state index in [0.717, 1.165) is 22.8 Å². The van der Waals surface area contributed by atoms with Crippen molar-refractivity contribution in [2.24, 2.45) is 12.8 Å². The van der Waals surface area contributed by atoms with Gasteiger partial charge in [-0.2, -0.15) is 5.10 Å². The number of primary amides is 1. The maximum absolute atomic E-state index is 13.5. The molecule has 4 N–H and O–H groups in total. The van der Waals surface area contributed by atoms with Crippen molar-refractivity contribution in [3.8, 4) is 17.5 Å². The van der Waals surface area contributed by atoms with Crippen molar-refractivity contribution in [3.05, 3.63) is 106 Å². The Labute approximate surface area is 234 Å². The predicted octanol–water partition coefficient (Wildman–Crippen LogP) is 2.20. The van der Waals surface area contributed by atoms with Gasteiger partial charge in [-0.1, -0.05) is 43.0 Å². The Kier molecular flexibility index (Phi) is 7.25. The van der Waals surface area contributed by atoms with Crippen molar-refractivity contribution in [3.63, 3.8) is 0 Å². The first-order chi connectivity index (χ1) is 19.8. The van der Waals surface area contributed by atoms with Gasteiger partial charge in [0, 0.05) is 19.0 Å². The molecule has 0 aliphatic heterocycles. The summed E-state index contributed by atoms with van der Waals surface area (Å²) in [5, 5.41) is 12.3. The van der Waals surface area contributed by atoms with Crippen molar-refractivity contribution < 1.29 is 4.79 Å². The van der Waals surface area contributed by atoms with Crippen LogP contribution in [0.2, 0.25) is 0 Å². The average Bonchev–Trinajstić information content (AvgIpc) is 3.49. The Bertz CT molecular complexity index is 2030. The highest BCUT2D eigenvalue weighted by molar-refractivity contribution is 6.03. The molecular weight excluding hydrogens is 520 g/mol. The second kappa shape index (κ2) is 11.1. The smallest absolute Gasteiger partial charge is 0.267 e. The number of nitrogens with two attached hydrogens (primary N) is 2. The number of para-hydroxylation sites is 1. The third-order valence-electron chi connectivity index (χ3n) is 6.47. The van der Waals surface area contributed by atoms with E-state index < -0.39 is 5.91 Å². The first kappa shape index (κ1) is 26.8. The lowest BCUT2D eigenvalue weighted by molar-refractivity contribution is 0.100. The number of carbonyl (C=O) groups is 1. The van der Waals surface area contributed by atoms with E-state index in [-0.39, 0.29) is 16.9 Å². The molecule has 6 rings (SSSR count). The molecule has 0 bridgehead atoms. The van der Waals surface area contributed by atoms with Crippen LogP contribution >= 0.6 is 0 Å². The molecule has 12 nitrogen and oxygen atoms in total. The maximum Gasteiger partial charge on any atom is 0.267 e. The Morgan fingerprint density at radius 2 is 1.76 bits per heavy atom. The van der Waals surface area contributed by atoms with E-state index in [2.05, 4.69) is 32.1 Å². The molecular formula is C29H26N10O2. The Morgan fingerprint density at radius 3 is 2.44 bits per heavy atom. The van der Waals surface area contributed by atoms with Crippen molar-refractivity contribution in [1.82, 2.24) is 39.1 Å². The van der Waals surface area contributed by atoms with Gasteiger partial charge >= 0.3 is 0 Å². The van der Waals surface area contributed by atoms with E-state index in [1.54, 1.807) is 15.4 Å². The summed E-state index contributed by atoms with van der Waals surface area (Å²) in [6.45, 7) is 3.97. The van der Waals surface area contributed by atoms with Crippen LogP contribution in [0, 0.1) is 18.8 Å². The molecule has 2 aromatic carbocycles. The quantitative estimate of drug-likeness (QED) is 0.319. The van der Waals surface area contributed by atoms with E-state index in [9.17, 15) is 9.59 Å². The molecule has 0 saturated carbocycles. The number of amides is 1. The number of aromatic nitrogens is 8. The molecule has 4 aromatic heterocycles. The molecule has 0 saturated heterocycles. The molecule has 0 aliphatic carbocycles. The number of rotatable bonds is 3. The largest absolute Gasteiger partial charge is 0.381 e. The number of hydrogen-bond donors (Lipinski definition) is 2. The molecule has 6 aromatic rings. The predicted molar refractivity (Wildman–Crippen MR) is 154 cm³/mol. The normalized spacial score (nSPS) is 10.6. The van der Waals surface area contributed by atoms with Crippen LogP contribution < -0.4 is 17.0 Å². The summed E-state index contributed by atoms with van der Waals surface area (Å²) in [4.78, 5) is 32.9. The molecule has 12 heteroatoms. The minimum atomic E-state index is -0.637. The fourth-order valence-corrected chi connectivity index (χ4v) is 4.29. The maximum atomic E-state index is 13.5. The summed E-state index contributed by atoms with van der Waals surface area (Å²) in [6, 6.07) is 15.2. The van der Waals surface area contributed by atoms with E-state index >= 15 is 0 Å². The molecule has 41 heavy (non-hydrogen) atoms. The first-order valence-electron chi connectivity index (χ1n) is 12.6. The molecule has 1 amide bonds. The Hall–Kier alpha value is -5.83. The van der Waals surface area contributed by atoms with Gasteiger partial charge in [-0.25, -0.2) is 9.97 Å². The molecule has 204 valence electrons. The minimum Gasteiger partial charge on any atom is -0.381 e. The molecule has 0 aliphatic rings. The lowest BCUT2D eigenvalue weighted by Crippen LogP contribution is -2.24. The Balaban J connectivity index is 0.000000216. The second-order valence-electron chi connectivity index (χ2n) is 8.98. The highest BCUT2D eigenvalue weighted by Crippen LogP contribution is 2.17. The second-order valence-corrected chi connectivity index (χ2v) is 8.98. The van der Waals surface area contributed by atoms with E-state index in [0.29, 0.717) is 28.4 Å². The van der Waals surface area contributed by atoms with Gasteiger partial charge in [-0.3, -0.25) is 18.8 Å². The summed E-state index contributed by atoms with van der Waals surface area (Å²) in [6.07, 6.45) is 5.12. The monoisotopic (exact) mass is 546 g/mol. The Morgan fingerprint density at radius 1 is 1.00 bits per heavy atom. The summed E-state index contributed by atoms with van der Waals surface area (Å²) in [5.74, 6) is 6.47. The summed E-state index contributed by atoms with van der Waals surface area (Å²) < 4.78 is 4.68. The van der Waals surface area contributed by atoms with E-state index in [1.807, 2.05) is 69.4 Å². The molecule has 0 atom stereocenters. The fraction of sp³-hybridized carbons (Fsp3) is 0.138. The number of nitrogens with zero attached hydrogens (tertiary/aromatic N) is 8. The number of carbonyl (C=O) groups excluding carboxylic acids is 1. The number of benzene rings is 2. The van der Waals surface area contributed by atoms with E-state index in [1.165, 1.54) is 17.2 Å². The molecule has 0 spiro atoms. The molecule has 0 fully saturated rings. The van der Waals surface area contributed by atoms with Gasteiger partial charge in [0.25, 0.3) is 11.5 Å². The fourth-order valence-electron chi connectivity index (χ4n) is 4.29. The highest BCUT2D eigenvalue weighted by Gasteiger charge is 2.16. The lowest BCUT2D eigenvalue weighted by atomic mass is 10.1. The zero-order valence-corrected chi connectivity index (χ0v) is 22.6. The van der Waals surface area contributed by atoms with Crippen LogP contribution in [-0.4, -0.2) is 45.1 Å². The zero-order valence-electron chi connectivity index (χ0n) is 22.6. The van der Waals surface area contributed by atoms with Gasteiger partial charge in [0.15, 0.2) is 5.82 Å². The number of aryl methyl sites for hydroxylation is 2. The first-order valence-corrected chi connectivity index (χ1v) is 12.6. The standard InChI is InChI=1S/C23H20N4O.C6H6N6O/c1-4-21-25-20-12-8-9-17(13-14-18-15-24-26(3)16(18)2)22(20)23(28)27(21)19-10-6-5-7-11-19;7-5-4(6(8)13)3-1-9-2-10-12(3)11-5/h5-12,15H,4H2,1-3H3;1-2H,(H2,7,11)(H2,8,13). The summed E-state index contributed by atoms with van der Waals surface area (Å²) in [5.41, 5.74) is 15.0. The van der Waals surface area contributed by atoms with Crippen LogP contribution in [0.4, 0.5) is 5.82 Å². The zero-order chi connectivity index (χ0) is 29.1. The lowest BCUT2D eigenvalue weighted by Gasteiger charge is -2.13. The number of nitrogen functional groups attached to an aromatic ring is 1. The topological polar surface area (TPSA) is 165 Å². The van der Waals surface area contributed by atoms with Gasteiger partial charge < -0.3 is 11.5 Å². The van der Waals surface area contributed by atoms with Crippen molar-refractivity contribution in [2.75, 3.05) is 5.73 Å². The number of hydrogen-bond acceptors (Lipinski definition) is 8. The molecule has 0 radical (unpaired) electrons.